The van der Waals surface area contributed by atoms with Crippen LogP contribution in [0.15, 0.2) is 58.5 Å². The second-order valence-electron chi connectivity index (χ2n) is 7.26. The van der Waals surface area contributed by atoms with E-state index in [9.17, 15) is 4.79 Å². The molecule has 156 valence electrons. The molecule has 1 aliphatic heterocycles. The fraction of sp³-hybridized carbons (Fsp3) is 0.250. The summed E-state index contributed by atoms with van der Waals surface area (Å²) in [5.41, 5.74) is 5.75. The van der Waals surface area contributed by atoms with E-state index in [1.165, 1.54) is 33.8 Å². The number of nitrogens with zero attached hydrogens (tertiary/aromatic N) is 2. The molecule has 0 radical (unpaired) electrons. The minimum absolute atomic E-state index is 0. The van der Waals surface area contributed by atoms with Gasteiger partial charge in [0.05, 0.1) is 10.7 Å². The number of nitrogens with one attached hydrogen (secondary N) is 1. The summed E-state index contributed by atoms with van der Waals surface area (Å²) in [5.74, 6) is -0.0539. The van der Waals surface area contributed by atoms with Gasteiger partial charge in [-0.1, -0.05) is 17.8 Å². The van der Waals surface area contributed by atoms with Gasteiger partial charge in [0, 0.05) is 47.6 Å². The van der Waals surface area contributed by atoms with E-state index in [0.29, 0.717) is 0 Å². The van der Waals surface area contributed by atoms with Crippen LogP contribution < -0.4 is 38.8 Å². The zero-order valence-electron chi connectivity index (χ0n) is 17.7. The van der Waals surface area contributed by atoms with Crippen LogP contribution in [0.5, 0.6) is 0 Å². The summed E-state index contributed by atoms with van der Waals surface area (Å²) in [4.78, 5) is 15.1. The molecule has 0 saturated heterocycles. The molecule has 0 fully saturated rings. The van der Waals surface area contributed by atoms with Gasteiger partial charge in [-0.15, -0.1) is 0 Å². The van der Waals surface area contributed by atoms with Crippen molar-refractivity contribution >= 4 is 46.0 Å². The first-order chi connectivity index (χ1) is 14.0. The summed E-state index contributed by atoms with van der Waals surface area (Å²) < 4.78 is 2.32. The number of hydrogen-bond donors (Lipinski definition) is 1. The Balaban J connectivity index is 0.00000256. The first kappa shape index (κ1) is 22.6. The van der Waals surface area contributed by atoms with Crippen molar-refractivity contribution in [1.29, 1.82) is 0 Å². The molecule has 30 heavy (non-hydrogen) atoms. The quantitative estimate of drug-likeness (QED) is 0.415. The standard InChI is InChI=1S/C24H25N3OS.HI/c1-5-26-20(10-8-18-14-19(25-17(4)28)9-12-21(18)26)15-24-27(6-2)22-11-7-16(3)13-23(22)29-24;/h7-15H,5-6H2,1-4H3;1H. The van der Waals surface area contributed by atoms with Crippen LogP contribution in [-0.4, -0.2) is 12.5 Å². The minimum atomic E-state index is -0.0539. The third-order valence-corrected chi connectivity index (χ3v) is 6.27. The molecule has 1 aliphatic rings. The van der Waals surface area contributed by atoms with Gasteiger partial charge in [0.15, 0.2) is 0 Å². The molecule has 6 heteroatoms. The number of halogens is 1. The van der Waals surface area contributed by atoms with Gasteiger partial charge in [-0.05, 0) is 56.7 Å². The highest BCUT2D eigenvalue weighted by molar-refractivity contribution is 8.03. The maximum Gasteiger partial charge on any atom is 0.221 e. The Bertz CT molecular complexity index is 1140. The van der Waals surface area contributed by atoms with Crippen LogP contribution in [-0.2, 0) is 11.3 Å². The van der Waals surface area contributed by atoms with Crippen molar-refractivity contribution in [2.24, 2.45) is 0 Å². The molecule has 0 spiro atoms. The maximum absolute atomic E-state index is 11.4. The molecule has 0 saturated carbocycles. The summed E-state index contributed by atoms with van der Waals surface area (Å²) in [5, 5.41) is 5.24. The largest absolute Gasteiger partial charge is 1.00 e. The zero-order chi connectivity index (χ0) is 20.5. The molecule has 2 aromatic carbocycles. The van der Waals surface area contributed by atoms with Crippen molar-refractivity contribution in [2.45, 2.75) is 39.1 Å². The summed E-state index contributed by atoms with van der Waals surface area (Å²) in [6.07, 6.45) is 2.29. The number of anilines is 2. The third-order valence-electron chi connectivity index (χ3n) is 5.17. The average Bonchev–Trinajstić information content (AvgIpc) is 3.03. The second kappa shape index (κ2) is 9.39. The normalized spacial score (nSPS) is 14.0. The van der Waals surface area contributed by atoms with Gasteiger partial charge in [0.1, 0.15) is 6.54 Å². The second-order valence-corrected chi connectivity index (χ2v) is 8.32. The van der Waals surface area contributed by atoms with Crippen LogP contribution in [0.3, 0.4) is 0 Å². The number of benzene rings is 2. The SMILES string of the molecule is CCN1/C(=C/c2ccc3cc(NC(C)=O)ccc3[n+]2CC)Sc2cc(C)ccc21.[I-]. The lowest BCUT2D eigenvalue weighted by Gasteiger charge is -2.17. The molecule has 4 rings (SSSR count). The lowest BCUT2D eigenvalue weighted by atomic mass is 10.1. The van der Waals surface area contributed by atoms with Gasteiger partial charge in [0.2, 0.25) is 17.1 Å². The molecular formula is C24H26IN3OS. The number of carbonyl (C=O) groups is 1. The monoisotopic (exact) mass is 531 g/mol. The Morgan fingerprint density at radius 3 is 2.63 bits per heavy atom. The van der Waals surface area contributed by atoms with Crippen molar-refractivity contribution in [3.05, 3.63) is 64.8 Å². The molecule has 0 aliphatic carbocycles. The van der Waals surface area contributed by atoms with E-state index >= 15 is 0 Å². The van der Waals surface area contributed by atoms with Crippen LogP contribution in [0.4, 0.5) is 11.4 Å². The number of aryl methyl sites for hydroxylation is 2. The molecule has 1 N–H and O–H groups in total. The molecule has 2 heterocycles. The van der Waals surface area contributed by atoms with Crippen LogP contribution in [0, 0.1) is 6.92 Å². The van der Waals surface area contributed by atoms with E-state index in [0.717, 1.165) is 29.7 Å². The first-order valence-electron chi connectivity index (χ1n) is 10.0. The fourth-order valence-electron chi connectivity index (χ4n) is 3.87. The number of rotatable bonds is 4. The van der Waals surface area contributed by atoms with Crippen molar-refractivity contribution in [1.82, 2.24) is 0 Å². The molecule has 1 amide bonds. The summed E-state index contributed by atoms with van der Waals surface area (Å²) in [6.45, 7) is 9.85. The lowest BCUT2D eigenvalue weighted by Crippen LogP contribution is -3.00. The zero-order valence-corrected chi connectivity index (χ0v) is 20.7. The third kappa shape index (κ3) is 4.34. The highest BCUT2D eigenvalue weighted by atomic mass is 127. The molecule has 1 aromatic heterocycles. The lowest BCUT2D eigenvalue weighted by molar-refractivity contribution is -0.669. The minimum Gasteiger partial charge on any atom is -1.00 e. The van der Waals surface area contributed by atoms with Crippen molar-refractivity contribution in [2.75, 3.05) is 16.8 Å². The van der Waals surface area contributed by atoms with Gasteiger partial charge in [-0.25, -0.2) is 0 Å². The van der Waals surface area contributed by atoms with Gasteiger partial charge in [0.25, 0.3) is 0 Å². The van der Waals surface area contributed by atoms with Crippen LogP contribution in [0.25, 0.3) is 17.0 Å². The summed E-state index contributed by atoms with van der Waals surface area (Å²) in [7, 11) is 0. The molecule has 3 aromatic rings. The van der Waals surface area contributed by atoms with Gasteiger partial charge in [-0.3, -0.25) is 4.79 Å². The highest BCUT2D eigenvalue weighted by Crippen LogP contribution is 2.46. The topological polar surface area (TPSA) is 36.2 Å². The van der Waals surface area contributed by atoms with Gasteiger partial charge in [-0.2, -0.15) is 4.57 Å². The van der Waals surface area contributed by atoms with E-state index in [4.69, 9.17) is 0 Å². The molecule has 0 unspecified atom stereocenters. The Labute approximate surface area is 199 Å². The average molecular weight is 531 g/mol. The number of carbonyl (C=O) groups excluding carboxylic acids is 1. The fourth-order valence-corrected chi connectivity index (χ4v) is 5.14. The summed E-state index contributed by atoms with van der Waals surface area (Å²) >= 11 is 1.84. The Morgan fingerprint density at radius 1 is 1.13 bits per heavy atom. The molecule has 4 nitrogen and oxygen atoms in total. The number of aromatic nitrogens is 1. The van der Waals surface area contributed by atoms with E-state index in [-0.39, 0.29) is 29.9 Å². The van der Waals surface area contributed by atoms with Crippen LogP contribution in [0.1, 0.15) is 32.0 Å². The van der Waals surface area contributed by atoms with Crippen molar-refractivity contribution in [3.63, 3.8) is 0 Å². The Morgan fingerprint density at radius 2 is 1.93 bits per heavy atom. The van der Waals surface area contributed by atoms with Gasteiger partial charge < -0.3 is 34.2 Å². The number of amides is 1. The van der Waals surface area contributed by atoms with Crippen LogP contribution >= 0.6 is 11.8 Å². The Hall–Kier alpha value is -2.06. The number of pyridine rings is 1. The van der Waals surface area contributed by atoms with Gasteiger partial charge >= 0.3 is 0 Å². The predicted octanol–water partition coefficient (Wildman–Crippen LogP) is 2.35. The van der Waals surface area contributed by atoms with E-state index < -0.39 is 0 Å². The molecular weight excluding hydrogens is 505 g/mol. The number of fused-ring (bicyclic) bond motifs is 2. The highest BCUT2D eigenvalue weighted by Gasteiger charge is 2.25. The van der Waals surface area contributed by atoms with E-state index in [1.54, 1.807) is 0 Å². The van der Waals surface area contributed by atoms with Crippen molar-refractivity contribution < 1.29 is 33.3 Å². The molecule has 0 atom stereocenters. The number of hydrogen-bond acceptors (Lipinski definition) is 3. The van der Waals surface area contributed by atoms with E-state index in [2.05, 4.69) is 78.0 Å². The Kier molecular flexibility index (Phi) is 7.08. The van der Waals surface area contributed by atoms with E-state index in [1.807, 2.05) is 23.9 Å². The maximum atomic E-state index is 11.4. The first-order valence-corrected chi connectivity index (χ1v) is 10.8. The van der Waals surface area contributed by atoms with Crippen LogP contribution in [0.2, 0.25) is 0 Å². The summed E-state index contributed by atoms with van der Waals surface area (Å²) in [6, 6.07) is 17.0. The smallest absolute Gasteiger partial charge is 0.221 e. The molecule has 0 bridgehead atoms. The van der Waals surface area contributed by atoms with Crippen molar-refractivity contribution in [3.8, 4) is 0 Å². The predicted molar refractivity (Wildman–Crippen MR) is 122 cm³/mol. The number of thioether (sulfide) groups is 1.